The molecule has 1 N–H and O–H groups in total. The van der Waals surface area contributed by atoms with Crippen LogP contribution in [-0.4, -0.2) is 34.9 Å². The molecule has 0 saturated carbocycles. The summed E-state index contributed by atoms with van der Waals surface area (Å²) in [5, 5.41) is 7.49. The Labute approximate surface area is 143 Å². The summed E-state index contributed by atoms with van der Waals surface area (Å²) < 4.78 is 7.47. The molecule has 0 bridgehead atoms. The fourth-order valence-electron chi connectivity index (χ4n) is 3.16. The van der Waals surface area contributed by atoms with Crippen molar-refractivity contribution < 1.29 is 9.53 Å². The minimum Gasteiger partial charge on any atom is -0.376 e. The highest BCUT2D eigenvalue weighted by atomic mass is 16.5. The van der Waals surface area contributed by atoms with Crippen LogP contribution in [0.3, 0.4) is 0 Å². The molecule has 1 aliphatic heterocycles. The number of rotatable bonds is 6. The maximum Gasteiger partial charge on any atom is 0.254 e. The Bertz CT molecular complexity index is 702. The van der Waals surface area contributed by atoms with Crippen LogP contribution in [0.4, 0.5) is 0 Å². The third kappa shape index (κ3) is 3.51. The molecule has 2 aromatic rings. The van der Waals surface area contributed by atoms with E-state index in [0.29, 0.717) is 12.1 Å². The van der Waals surface area contributed by atoms with Crippen LogP contribution in [0.1, 0.15) is 47.8 Å². The second-order valence-corrected chi connectivity index (χ2v) is 6.30. The van der Waals surface area contributed by atoms with Gasteiger partial charge in [0.1, 0.15) is 0 Å². The van der Waals surface area contributed by atoms with Crippen LogP contribution in [0.5, 0.6) is 0 Å². The van der Waals surface area contributed by atoms with Crippen molar-refractivity contribution >= 4 is 5.91 Å². The fraction of sp³-hybridized carbons (Fsp3) is 0.474. The Morgan fingerprint density at radius 3 is 2.96 bits per heavy atom. The molecular formula is C19H25N3O2. The highest BCUT2D eigenvalue weighted by Crippen LogP contribution is 2.20. The minimum absolute atomic E-state index is 0.0613. The number of amides is 1. The summed E-state index contributed by atoms with van der Waals surface area (Å²) in [5.74, 6) is -0.0613. The predicted octanol–water partition coefficient (Wildman–Crippen LogP) is 3.04. The van der Waals surface area contributed by atoms with Gasteiger partial charge in [0.15, 0.2) is 0 Å². The number of para-hydroxylation sites is 1. The Morgan fingerprint density at radius 1 is 1.42 bits per heavy atom. The van der Waals surface area contributed by atoms with Gasteiger partial charge >= 0.3 is 0 Å². The summed E-state index contributed by atoms with van der Waals surface area (Å²) in [5.41, 5.74) is 3.80. The summed E-state index contributed by atoms with van der Waals surface area (Å²) >= 11 is 0. The molecule has 24 heavy (non-hydrogen) atoms. The molecule has 0 spiro atoms. The zero-order valence-corrected chi connectivity index (χ0v) is 14.4. The maximum atomic E-state index is 12.6. The van der Waals surface area contributed by atoms with Crippen LogP contribution in [0.15, 0.2) is 30.5 Å². The largest absolute Gasteiger partial charge is 0.376 e. The van der Waals surface area contributed by atoms with E-state index in [1.807, 2.05) is 22.9 Å². The number of carbonyl (C=O) groups is 1. The number of aryl methyl sites for hydroxylation is 1. The van der Waals surface area contributed by atoms with Gasteiger partial charge in [0, 0.05) is 13.2 Å². The molecule has 5 nitrogen and oxygen atoms in total. The third-order valence-electron chi connectivity index (χ3n) is 4.46. The van der Waals surface area contributed by atoms with E-state index in [-0.39, 0.29) is 12.0 Å². The number of nitrogens with zero attached hydrogens (tertiary/aromatic N) is 2. The third-order valence-corrected chi connectivity index (χ3v) is 4.46. The zero-order chi connectivity index (χ0) is 16.9. The average molecular weight is 327 g/mol. The van der Waals surface area contributed by atoms with E-state index in [0.717, 1.165) is 49.2 Å². The van der Waals surface area contributed by atoms with Crippen molar-refractivity contribution in [2.24, 2.45) is 0 Å². The van der Waals surface area contributed by atoms with Crippen molar-refractivity contribution in [3.05, 3.63) is 47.3 Å². The van der Waals surface area contributed by atoms with E-state index in [2.05, 4.69) is 30.3 Å². The molecule has 0 aliphatic carbocycles. The SMILES string of the molecule is CCCc1c(C(=O)NC[C@H]2CCCO2)cnn1-c1ccccc1C. The van der Waals surface area contributed by atoms with Gasteiger partial charge in [-0.15, -0.1) is 0 Å². The molecule has 1 atom stereocenters. The van der Waals surface area contributed by atoms with Gasteiger partial charge in [0.05, 0.1) is 29.2 Å². The van der Waals surface area contributed by atoms with Crippen molar-refractivity contribution in [1.82, 2.24) is 15.1 Å². The van der Waals surface area contributed by atoms with Gasteiger partial charge < -0.3 is 10.1 Å². The monoisotopic (exact) mass is 327 g/mol. The van der Waals surface area contributed by atoms with Crippen molar-refractivity contribution in [3.8, 4) is 5.69 Å². The Kier molecular flexibility index (Phi) is 5.30. The van der Waals surface area contributed by atoms with E-state index < -0.39 is 0 Å². The Balaban J connectivity index is 1.82. The summed E-state index contributed by atoms with van der Waals surface area (Å²) in [6.45, 7) is 5.54. The van der Waals surface area contributed by atoms with Gasteiger partial charge in [-0.2, -0.15) is 5.10 Å². The fourth-order valence-corrected chi connectivity index (χ4v) is 3.16. The first-order valence-electron chi connectivity index (χ1n) is 8.73. The number of benzene rings is 1. The van der Waals surface area contributed by atoms with Crippen LogP contribution < -0.4 is 5.32 Å². The van der Waals surface area contributed by atoms with E-state index in [1.54, 1.807) is 6.20 Å². The molecule has 2 heterocycles. The lowest BCUT2D eigenvalue weighted by molar-refractivity contribution is 0.0857. The van der Waals surface area contributed by atoms with Crippen molar-refractivity contribution in [3.63, 3.8) is 0 Å². The van der Waals surface area contributed by atoms with Gasteiger partial charge in [-0.25, -0.2) is 4.68 Å². The second-order valence-electron chi connectivity index (χ2n) is 6.30. The van der Waals surface area contributed by atoms with Gasteiger partial charge in [0.25, 0.3) is 5.91 Å². The molecule has 1 aromatic heterocycles. The molecule has 1 aromatic carbocycles. The normalized spacial score (nSPS) is 17.2. The molecule has 128 valence electrons. The van der Waals surface area contributed by atoms with Crippen LogP contribution in [0, 0.1) is 6.92 Å². The smallest absolute Gasteiger partial charge is 0.254 e. The van der Waals surface area contributed by atoms with E-state index in [1.165, 1.54) is 0 Å². The van der Waals surface area contributed by atoms with E-state index in [9.17, 15) is 4.79 Å². The van der Waals surface area contributed by atoms with Gasteiger partial charge in [0.2, 0.25) is 0 Å². The number of carbonyl (C=O) groups excluding carboxylic acids is 1. The predicted molar refractivity (Wildman–Crippen MR) is 93.6 cm³/mol. The van der Waals surface area contributed by atoms with Crippen LogP contribution in [0.2, 0.25) is 0 Å². The molecule has 3 rings (SSSR count). The average Bonchev–Trinajstić information content (AvgIpc) is 3.23. The van der Waals surface area contributed by atoms with E-state index >= 15 is 0 Å². The summed E-state index contributed by atoms with van der Waals surface area (Å²) in [7, 11) is 0. The molecule has 0 unspecified atom stereocenters. The number of hydrogen-bond acceptors (Lipinski definition) is 3. The first-order valence-corrected chi connectivity index (χ1v) is 8.73. The Morgan fingerprint density at radius 2 is 2.25 bits per heavy atom. The summed E-state index contributed by atoms with van der Waals surface area (Å²) in [4.78, 5) is 12.6. The standard InChI is InChI=1S/C19H25N3O2/c1-3-7-18-16(19(23)20-12-15-9-6-11-24-15)13-21-22(18)17-10-5-4-8-14(17)2/h4-5,8,10,13,15H,3,6-7,9,11-12H2,1-2H3,(H,20,23)/t15-/m1/s1. The van der Waals surface area contributed by atoms with Crippen molar-refractivity contribution in [2.45, 2.75) is 45.6 Å². The second kappa shape index (κ2) is 7.62. The lowest BCUT2D eigenvalue weighted by atomic mass is 10.1. The lowest BCUT2D eigenvalue weighted by Gasteiger charge is -2.13. The maximum absolute atomic E-state index is 12.6. The molecule has 1 aliphatic rings. The minimum atomic E-state index is -0.0613. The quantitative estimate of drug-likeness (QED) is 0.887. The number of aromatic nitrogens is 2. The van der Waals surface area contributed by atoms with Crippen molar-refractivity contribution in [2.75, 3.05) is 13.2 Å². The molecule has 1 saturated heterocycles. The Hall–Kier alpha value is -2.14. The number of hydrogen-bond donors (Lipinski definition) is 1. The van der Waals surface area contributed by atoms with Crippen LogP contribution >= 0.6 is 0 Å². The highest BCUT2D eigenvalue weighted by molar-refractivity contribution is 5.95. The molecule has 0 radical (unpaired) electrons. The first kappa shape index (κ1) is 16.7. The lowest BCUT2D eigenvalue weighted by Crippen LogP contribution is -2.32. The van der Waals surface area contributed by atoms with Gasteiger partial charge in [-0.1, -0.05) is 31.5 Å². The zero-order valence-electron chi connectivity index (χ0n) is 14.4. The molecule has 1 amide bonds. The number of ether oxygens (including phenoxy) is 1. The first-order chi connectivity index (χ1) is 11.7. The molecule has 1 fully saturated rings. The van der Waals surface area contributed by atoms with E-state index in [4.69, 9.17) is 4.74 Å². The molecule has 5 heteroatoms. The summed E-state index contributed by atoms with van der Waals surface area (Å²) in [6, 6.07) is 8.10. The van der Waals surface area contributed by atoms with Crippen LogP contribution in [0.25, 0.3) is 5.69 Å². The number of nitrogens with one attached hydrogen (secondary N) is 1. The van der Waals surface area contributed by atoms with Crippen LogP contribution in [-0.2, 0) is 11.2 Å². The van der Waals surface area contributed by atoms with Crippen molar-refractivity contribution in [1.29, 1.82) is 0 Å². The van der Waals surface area contributed by atoms with Gasteiger partial charge in [-0.3, -0.25) is 4.79 Å². The topological polar surface area (TPSA) is 56.1 Å². The molecular weight excluding hydrogens is 302 g/mol. The summed E-state index contributed by atoms with van der Waals surface area (Å²) in [6.07, 6.45) is 5.70. The highest BCUT2D eigenvalue weighted by Gasteiger charge is 2.21. The van der Waals surface area contributed by atoms with Gasteiger partial charge in [-0.05, 0) is 37.8 Å².